The molecule has 0 aliphatic heterocycles. The molecule has 0 radical (unpaired) electrons. The summed E-state index contributed by atoms with van der Waals surface area (Å²) in [6.45, 7) is 4.27. The second kappa shape index (κ2) is 4.36. The Morgan fingerprint density at radius 1 is 1.58 bits per heavy atom. The maximum absolute atomic E-state index is 10.3. The van der Waals surface area contributed by atoms with Crippen molar-refractivity contribution in [3.05, 3.63) is 23.7 Å². The predicted octanol–water partition coefficient (Wildman–Crippen LogP) is 2.73. The molecule has 0 aliphatic rings. The molecule has 1 rings (SSSR count). The summed E-state index contributed by atoms with van der Waals surface area (Å²) >= 11 is 1.80. The van der Waals surface area contributed by atoms with Crippen LogP contribution in [0.1, 0.15) is 30.2 Å². The number of furan rings is 1. The minimum atomic E-state index is 0.411. The van der Waals surface area contributed by atoms with Gasteiger partial charge in [-0.3, -0.25) is 4.79 Å². The lowest BCUT2D eigenvalue weighted by Gasteiger charge is -2.00. The summed E-state index contributed by atoms with van der Waals surface area (Å²) in [7, 11) is 0. The van der Waals surface area contributed by atoms with Gasteiger partial charge in [0, 0.05) is 0 Å². The monoisotopic (exact) mass is 184 g/mol. The first kappa shape index (κ1) is 9.39. The standard InChI is InChI=1S/C9H12O2S/c1-7(2)12-6-9-4-3-8(5-10)11-9/h3-5,7H,6H2,1-2H3. The third-order valence-corrected chi connectivity index (χ3v) is 2.48. The van der Waals surface area contributed by atoms with Crippen LogP contribution in [0.25, 0.3) is 0 Å². The maximum Gasteiger partial charge on any atom is 0.185 e. The van der Waals surface area contributed by atoms with Crippen molar-refractivity contribution in [3.8, 4) is 0 Å². The molecule has 66 valence electrons. The predicted molar refractivity (Wildman–Crippen MR) is 50.5 cm³/mol. The summed E-state index contributed by atoms with van der Waals surface area (Å²) in [6, 6.07) is 3.54. The molecule has 0 aromatic carbocycles. The molecule has 0 bridgehead atoms. The SMILES string of the molecule is CC(C)SCc1ccc(C=O)o1. The Kier molecular flexibility index (Phi) is 3.41. The van der Waals surface area contributed by atoms with Crippen LogP contribution in [0, 0.1) is 0 Å². The quantitative estimate of drug-likeness (QED) is 0.674. The minimum Gasteiger partial charge on any atom is -0.457 e. The van der Waals surface area contributed by atoms with E-state index in [0.717, 1.165) is 17.8 Å². The Bertz CT molecular complexity index is 253. The Hall–Kier alpha value is -0.700. The van der Waals surface area contributed by atoms with E-state index in [4.69, 9.17) is 4.42 Å². The fourth-order valence-electron chi connectivity index (χ4n) is 0.784. The zero-order valence-corrected chi connectivity index (χ0v) is 8.06. The second-order valence-electron chi connectivity index (χ2n) is 2.78. The molecule has 0 spiro atoms. The summed E-state index contributed by atoms with van der Waals surface area (Å²) in [4.78, 5) is 10.3. The summed E-state index contributed by atoms with van der Waals surface area (Å²) in [5.74, 6) is 2.12. The molecule has 0 atom stereocenters. The first-order chi connectivity index (χ1) is 5.72. The molecule has 2 nitrogen and oxygen atoms in total. The van der Waals surface area contributed by atoms with Crippen LogP contribution < -0.4 is 0 Å². The largest absolute Gasteiger partial charge is 0.457 e. The van der Waals surface area contributed by atoms with Gasteiger partial charge in [-0.15, -0.1) is 0 Å². The number of rotatable bonds is 4. The van der Waals surface area contributed by atoms with Gasteiger partial charge in [0.1, 0.15) is 5.76 Å². The topological polar surface area (TPSA) is 30.2 Å². The number of carbonyl (C=O) groups excluding carboxylic acids is 1. The highest BCUT2D eigenvalue weighted by atomic mass is 32.2. The molecule has 1 heterocycles. The lowest BCUT2D eigenvalue weighted by Crippen LogP contribution is -1.86. The average molecular weight is 184 g/mol. The molecule has 0 unspecified atom stereocenters. The van der Waals surface area contributed by atoms with E-state index in [2.05, 4.69) is 13.8 Å². The Balaban J connectivity index is 2.47. The number of hydrogen-bond donors (Lipinski definition) is 0. The molecular weight excluding hydrogens is 172 g/mol. The first-order valence-electron chi connectivity index (χ1n) is 3.88. The maximum atomic E-state index is 10.3. The van der Waals surface area contributed by atoms with Crippen LogP contribution in [-0.4, -0.2) is 11.5 Å². The van der Waals surface area contributed by atoms with Crippen molar-refractivity contribution in [2.75, 3.05) is 0 Å². The lowest BCUT2D eigenvalue weighted by molar-refractivity contribution is 0.109. The minimum absolute atomic E-state index is 0.411. The molecule has 0 aliphatic carbocycles. The molecule has 0 saturated heterocycles. The highest BCUT2D eigenvalue weighted by Crippen LogP contribution is 2.18. The van der Waals surface area contributed by atoms with Gasteiger partial charge in [0.05, 0.1) is 5.75 Å². The highest BCUT2D eigenvalue weighted by Gasteiger charge is 2.01. The molecule has 1 aromatic heterocycles. The first-order valence-corrected chi connectivity index (χ1v) is 4.92. The van der Waals surface area contributed by atoms with Crippen LogP contribution >= 0.6 is 11.8 Å². The van der Waals surface area contributed by atoms with Crippen LogP contribution in [0.2, 0.25) is 0 Å². The van der Waals surface area contributed by atoms with Gasteiger partial charge < -0.3 is 4.42 Å². The van der Waals surface area contributed by atoms with Crippen LogP contribution in [0.5, 0.6) is 0 Å². The summed E-state index contributed by atoms with van der Waals surface area (Å²) in [6.07, 6.45) is 0.726. The van der Waals surface area contributed by atoms with Crippen molar-refractivity contribution in [1.82, 2.24) is 0 Å². The molecule has 1 aromatic rings. The van der Waals surface area contributed by atoms with Crippen molar-refractivity contribution in [2.45, 2.75) is 24.9 Å². The van der Waals surface area contributed by atoms with Crippen LogP contribution in [0.4, 0.5) is 0 Å². The van der Waals surface area contributed by atoms with E-state index in [0.29, 0.717) is 11.0 Å². The molecule has 12 heavy (non-hydrogen) atoms. The van der Waals surface area contributed by atoms with E-state index >= 15 is 0 Å². The molecule has 3 heteroatoms. The van der Waals surface area contributed by atoms with E-state index in [1.54, 1.807) is 17.8 Å². The summed E-state index contributed by atoms with van der Waals surface area (Å²) in [5, 5.41) is 0.592. The van der Waals surface area contributed by atoms with Crippen LogP contribution in [0.15, 0.2) is 16.5 Å². The van der Waals surface area contributed by atoms with Gasteiger partial charge in [-0.05, 0) is 17.4 Å². The molecule has 0 amide bonds. The van der Waals surface area contributed by atoms with Crippen molar-refractivity contribution in [1.29, 1.82) is 0 Å². The number of aldehydes is 1. The molecular formula is C9H12O2S. The number of thioether (sulfide) groups is 1. The van der Waals surface area contributed by atoms with E-state index in [-0.39, 0.29) is 0 Å². The highest BCUT2D eigenvalue weighted by molar-refractivity contribution is 7.99. The van der Waals surface area contributed by atoms with Gasteiger partial charge in [0.25, 0.3) is 0 Å². The third kappa shape index (κ3) is 2.74. The van der Waals surface area contributed by atoms with Gasteiger partial charge in [-0.1, -0.05) is 13.8 Å². The Morgan fingerprint density at radius 2 is 2.33 bits per heavy atom. The van der Waals surface area contributed by atoms with Crippen molar-refractivity contribution >= 4 is 18.0 Å². The van der Waals surface area contributed by atoms with E-state index in [9.17, 15) is 4.79 Å². The lowest BCUT2D eigenvalue weighted by atomic mass is 10.4. The van der Waals surface area contributed by atoms with Crippen LogP contribution in [-0.2, 0) is 5.75 Å². The van der Waals surface area contributed by atoms with Crippen molar-refractivity contribution in [3.63, 3.8) is 0 Å². The zero-order valence-electron chi connectivity index (χ0n) is 7.24. The number of carbonyl (C=O) groups is 1. The summed E-state index contributed by atoms with van der Waals surface area (Å²) < 4.78 is 5.19. The molecule has 0 saturated carbocycles. The van der Waals surface area contributed by atoms with Gasteiger partial charge in [0.15, 0.2) is 12.0 Å². The van der Waals surface area contributed by atoms with Gasteiger partial charge in [-0.25, -0.2) is 0 Å². The van der Waals surface area contributed by atoms with Gasteiger partial charge in [-0.2, -0.15) is 11.8 Å². The average Bonchev–Trinajstić information content (AvgIpc) is 2.48. The summed E-state index contributed by atoms with van der Waals surface area (Å²) in [5.41, 5.74) is 0. The van der Waals surface area contributed by atoms with Gasteiger partial charge in [0.2, 0.25) is 0 Å². The normalized spacial score (nSPS) is 10.6. The van der Waals surface area contributed by atoms with Crippen LogP contribution in [0.3, 0.4) is 0 Å². The second-order valence-corrected chi connectivity index (χ2v) is 4.35. The Morgan fingerprint density at radius 3 is 2.83 bits per heavy atom. The number of hydrogen-bond acceptors (Lipinski definition) is 3. The van der Waals surface area contributed by atoms with E-state index in [1.165, 1.54) is 0 Å². The fraction of sp³-hybridized carbons (Fsp3) is 0.444. The van der Waals surface area contributed by atoms with Gasteiger partial charge >= 0.3 is 0 Å². The van der Waals surface area contributed by atoms with Crippen molar-refractivity contribution in [2.24, 2.45) is 0 Å². The zero-order chi connectivity index (χ0) is 8.97. The molecule has 0 N–H and O–H groups in total. The third-order valence-electron chi connectivity index (χ3n) is 1.36. The fourth-order valence-corrected chi connectivity index (χ4v) is 1.44. The van der Waals surface area contributed by atoms with E-state index < -0.39 is 0 Å². The Labute approximate surface area is 76.3 Å². The molecule has 0 fully saturated rings. The van der Waals surface area contributed by atoms with Crippen molar-refractivity contribution < 1.29 is 9.21 Å². The van der Waals surface area contributed by atoms with E-state index in [1.807, 2.05) is 6.07 Å². The smallest absolute Gasteiger partial charge is 0.185 e.